The lowest BCUT2D eigenvalue weighted by atomic mass is 10.0. The summed E-state index contributed by atoms with van der Waals surface area (Å²) in [7, 11) is 1.59. The fraction of sp³-hybridized carbons (Fsp3) is 0.529. The van der Waals surface area contributed by atoms with E-state index in [0.29, 0.717) is 13.1 Å². The third-order valence-corrected chi connectivity index (χ3v) is 4.12. The van der Waals surface area contributed by atoms with Crippen molar-refractivity contribution in [2.45, 2.75) is 32.8 Å². The van der Waals surface area contributed by atoms with Gasteiger partial charge in [0.25, 0.3) is 0 Å². The molecule has 2 amide bonds. The van der Waals surface area contributed by atoms with Gasteiger partial charge in [-0.2, -0.15) is 0 Å². The van der Waals surface area contributed by atoms with Crippen LogP contribution in [0.5, 0.6) is 5.75 Å². The lowest BCUT2D eigenvalue weighted by Crippen LogP contribution is -2.37. The molecular weight excluding hydrogens is 296 g/mol. The summed E-state index contributed by atoms with van der Waals surface area (Å²) in [5.74, 6) is 0.772. The van der Waals surface area contributed by atoms with Crippen LogP contribution in [-0.4, -0.2) is 38.3 Å². The van der Waals surface area contributed by atoms with Crippen molar-refractivity contribution >= 4 is 17.7 Å². The number of nitrogens with one attached hydrogen (secondary N) is 1. The number of anilines is 1. The Morgan fingerprint density at radius 1 is 1.35 bits per heavy atom. The van der Waals surface area contributed by atoms with Crippen molar-refractivity contribution in [3.05, 3.63) is 24.3 Å². The molecule has 1 heterocycles. The number of rotatable bonds is 7. The maximum absolute atomic E-state index is 12.0. The van der Waals surface area contributed by atoms with Gasteiger partial charge in [0.2, 0.25) is 5.91 Å². The van der Waals surface area contributed by atoms with Gasteiger partial charge >= 0.3 is 6.09 Å². The molecule has 1 N–H and O–H groups in total. The second kappa shape index (κ2) is 7.85. The first-order valence-corrected chi connectivity index (χ1v) is 7.98. The molecule has 0 radical (unpaired) electrons. The first-order valence-electron chi connectivity index (χ1n) is 7.98. The molecule has 1 aliphatic rings. The molecule has 1 aliphatic heterocycles. The number of nitrogens with zero attached hydrogens (tertiary/aromatic N) is 1. The predicted molar refractivity (Wildman–Crippen MR) is 87.7 cm³/mol. The van der Waals surface area contributed by atoms with Gasteiger partial charge in [-0.25, -0.2) is 4.79 Å². The molecule has 1 atom stereocenters. The molecule has 1 aromatic rings. The molecule has 1 aromatic carbocycles. The zero-order valence-electron chi connectivity index (χ0n) is 13.9. The van der Waals surface area contributed by atoms with E-state index in [0.717, 1.165) is 24.3 Å². The van der Waals surface area contributed by atoms with E-state index >= 15 is 0 Å². The van der Waals surface area contributed by atoms with Gasteiger partial charge in [-0.05, 0) is 37.1 Å². The van der Waals surface area contributed by atoms with E-state index in [1.807, 2.05) is 26.0 Å². The number of cyclic esters (lactones) is 1. The molecule has 0 aromatic heterocycles. The maximum Gasteiger partial charge on any atom is 0.414 e. The van der Waals surface area contributed by atoms with Crippen LogP contribution in [0.1, 0.15) is 26.7 Å². The Hall–Kier alpha value is -2.24. The Balaban J connectivity index is 1.90. The van der Waals surface area contributed by atoms with Crippen LogP contribution in [0.15, 0.2) is 24.3 Å². The van der Waals surface area contributed by atoms with Gasteiger partial charge in [0.15, 0.2) is 0 Å². The molecule has 1 unspecified atom stereocenters. The normalized spacial score (nSPS) is 17.3. The summed E-state index contributed by atoms with van der Waals surface area (Å²) in [6.07, 6.45) is 0.898. The Labute approximate surface area is 136 Å². The zero-order chi connectivity index (χ0) is 16.8. The van der Waals surface area contributed by atoms with Gasteiger partial charge in [0.05, 0.1) is 20.2 Å². The first-order chi connectivity index (χ1) is 11.1. The molecule has 0 aliphatic carbocycles. The van der Waals surface area contributed by atoms with E-state index in [1.54, 1.807) is 24.1 Å². The monoisotopic (exact) mass is 320 g/mol. The van der Waals surface area contributed by atoms with Gasteiger partial charge in [-0.3, -0.25) is 9.69 Å². The number of amides is 2. The minimum absolute atomic E-state index is 0.0183. The Kier molecular flexibility index (Phi) is 5.84. The quantitative estimate of drug-likeness (QED) is 0.838. The SMILES string of the molecule is CCC(CC)C(=O)NCC1CN(c2ccc(OC)cc2)C(=O)O1. The van der Waals surface area contributed by atoms with Crippen molar-refractivity contribution in [1.29, 1.82) is 0 Å². The summed E-state index contributed by atoms with van der Waals surface area (Å²) < 4.78 is 10.4. The zero-order valence-corrected chi connectivity index (χ0v) is 13.9. The molecule has 0 bridgehead atoms. The van der Waals surface area contributed by atoms with E-state index in [1.165, 1.54) is 0 Å². The highest BCUT2D eigenvalue weighted by molar-refractivity contribution is 5.90. The van der Waals surface area contributed by atoms with Crippen LogP contribution in [0.2, 0.25) is 0 Å². The number of benzene rings is 1. The minimum Gasteiger partial charge on any atom is -0.497 e. The van der Waals surface area contributed by atoms with Crippen LogP contribution < -0.4 is 15.0 Å². The van der Waals surface area contributed by atoms with E-state index in [2.05, 4.69) is 5.32 Å². The average molecular weight is 320 g/mol. The maximum atomic E-state index is 12.0. The third kappa shape index (κ3) is 4.15. The van der Waals surface area contributed by atoms with Crippen molar-refractivity contribution in [2.24, 2.45) is 5.92 Å². The van der Waals surface area contributed by atoms with Crippen LogP contribution in [0.25, 0.3) is 0 Å². The standard InChI is InChI=1S/C17H24N2O4/c1-4-12(5-2)16(20)18-10-15-11-19(17(21)23-15)13-6-8-14(22-3)9-7-13/h6-9,12,15H,4-5,10-11H2,1-3H3,(H,18,20). The minimum atomic E-state index is -0.392. The first kappa shape index (κ1) is 17.1. The summed E-state index contributed by atoms with van der Waals surface area (Å²) in [6, 6.07) is 7.21. The second-order valence-corrected chi connectivity index (χ2v) is 5.57. The lowest BCUT2D eigenvalue weighted by Gasteiger charge is -2.15. The van der Waals surface area contributed by atoms with Crippen LogP contribution in [0.3, 0.4) is 0 Å². The van der Waals surface area contributed by atoms with Crippen molar-refractivity contribution in [2.75, 3.05) is 25.1 Å². The molecule has 6 heteroatoms. The van der Waals surface area contributed by atoms with Crippen LogP contribution in [0, 0.1) is 5.92 Å². The highest BCUT2D eigenvalue weighted by Crippen LogP contribution is 2.24. The van der Waals surface area contributed by atoms with Crippen molar-refractivity contribution < 1.29 is 19.1 Å². The number of ether oxygens (including phenoxy) is 2. The summed E-state index contributed by atoms with van der Waals surface area (Å²) in [5, 5.41) is 2.87. The average Bonchev–Trinajstić information content (AvgIpc) is 2.95. The van der Waals surface area contributed by atoms with E-state index in [-0.39, 0.29) is 17.9 Å². The molecule has 6 nitrogen and oxygen atoms in total. The molecule has 2 rings (SSSR count). The predicted octanol–water partition coefficient (Wildman–Crippen LogP) is 2.57. The molecule has 0 spiro atoms. The molecule has 1 saturated heterocycles. The fourth-order valence-electron chi connectivity index (χ4n) is 2.62. The summed E-state index contributed by atoms with van der Waals surface area (Å²) in [6.45, 7) is 4.76. The largest absolute Gasteiger partial charge is 0.497 e. The van der Waals surface area contributed by atoms with Gasteiger partial charge in [0.1, 0.15) is 11.9 Å². The molecular formula is C17H24N2O4. The third-order valence-electron chi connectivity index (χ3n) is 4.12. The Bertz CT molecular complexity index is 540. The van der Waals surface area contributed by atoms with Crippen LogP contribution >= 0.6 is 0 Å². The number of hydrogen-bond acceptors (Lipinski definition) is 4. The summed E-state index contributed by atoms with van der Waals surface area (Å²) in [5.41, 5.74) is 0.754. The summed E-state index contributed by atoms with van der Waals surface area (Å²) in [4.78, 5) is 25.5. The molecule has 1 fully saturated rings. The Morgan fingerprint density at radius 3 is 2.57 bits per heavy atom. The van der Waals surface area contributed by atoms with Crippen LogP contribution in [-0.2, 0) is 9.53 Å². The van der Waals surface area contributed by atoms with E-state index in [4.69, 9.17) is 9.47 Å². The number of hydrogen-bond donors (Lipinski definition) is 1. The lowest BCUT2D eigenvalue weighted by molar-refractivity contribution is -0.125. The van der Waals surface area contributed by atoms with Crippen molar-refractivity contribution in [3.8, 4) is 5.75 Å². The van der Waals surface area contributed by atoms with E-state index in [9.17, 15) is 9.59 Å². The molecule has 0 saturated carbocycles. The number of methoxy groups -OCH3 is 1. The fourth-order valence-corrected chi connectivity index (χ4v) is 2.62. The summed E-state index contributed by atoms with van der Waals surface area (Å²) >= 11 is 0. The second-order valence-electron chi connectivity index (χ2n) is 5.57. The Morgan fingerprint density at radius 2 is 2.00 bits per heavy atom. The van der Waals surface area contributed by atoms with Gasteiger partial charge in [0, 0.05) is 11.6 Å². The van der Waals surface area contributed by atoms with E-state index < -0.39 is 6.09 Å². The highest BCUT2D eigenvalue weighted by Gasteiger charge is 2.32. The topological polar surface area (TPSA) is 67.9 Å². The van der Waals surface area contributed by atoms with Gasteiger partial charge in [-0.15, -0.1) is 0 Å². The molecule has 23 heavy (non-hydrogen) atoms. The van der Waals surface area contributed by atoms with Gasteiger partial charge < -0.3 is 14.8 Å². The van der Waals surface area contributed by atoms with Gasteiger partial charge in [-0.1, -0.05) is 13.8 Å². The van der Waals surface area contributed by atoms with Crippen molar-refractivity contribution in [1.82, 2.24) is 5.32 Å². The highest BCUT2D eigenvalue weighted by atomic mass is 16.6. The number of carbonyl (C=O) groups is 2. The number of carbonyl (C=O) groups excluding carboxylic acids is 2. The smallest absolute Gasteiger partial charge is 0.414 e. The molecule has 126 valence electrons. The van der Waals surface area contributed by atoms with Crippen molar-refractivity contribution in [3.63, 3.8) is 0 Å². The van der Waals surface area contributed by atoms with Crippen LogP contribution in [0.4, 0.5) is 10.5 Å².